The molecule has 0 aromatic carbocycles. The number of nitrogens with one attached hydrogen (secondary N) is 2. The molecule has 100 valence electrons. The Morgan fingerprint density at radius 1 is 1.35 bits per heavy atom. The van der Waals surface area contributed by atoms with Crippen LogP contribution in [0.2, 0.25) is 0 Å². The van der Waals surface area contributed by atoms with Gasteiger partial charge >= 0.3 is 5.97 Å². The largest absolute Gasteiger partial charge is 0.465 e. The van der Waals surface area contributed by atoms with Gasteiger partial charge in [-0.3, -0.25) is 9.59 Å². The SMILES string of the molecule is CCCC(NC)C(O)C(=O)NCC(=O)OCC. The molecule has 0 aliphatic rings. The Morgan fingerprint density at radius 2 is 2.00 bits per heavy atom. The van der Waals surface area contributed by atoms with Crippen LogP contribution in [0.15, 0.2) is 0 Å². The molecule has 1 amide bonds. The molecule has 0 fully saturated rings. The Hall–Kier alpha value is -1.14. The number of aliphatic hydroxyl groups is 1. The van der Waals surface area contributed by atoms with Crippen LogP contribution in [-0.2, 0) is 14.3 Å². The second kappa shape index (κ2) is 8.95. The Bertz CT molecular complexity index is 246. The van der Waals surface area contributed by atoms with Gasteiger partial charge in [-0.2, -0.15) is 0 Å². The molecule has 0 saturated carbocycles. The van der Waals surface area contributed by atoms with Crippen molar-refractivity contribution in [1.82, 2.24) is 10.6 Å². The van der Waals surface area contributed by atoms with Gasteiger partial charge in [0, 0.05) is 6.04 Å². The minimum absolute atomic E-state index is 0.216. The van der Waals surface area contributed by atoms with Crippen LogP contribution in [0.1, 0.15) is 26.7 Å². The lowest BCUT2D eigenvalue weighted by atomic mass is 10.1. The lowest BCUT2D eigenvalue weighted by Crippen LogP contribution is -2.48. The first kappa shape index (κ1) is 15.9. The number of esters is 1. The number of carbonyl (C=O) groups excluding carboxylic acids is 2. The molecule has 0 aromatic heterocycles. The maximum atomic E-state index is 11.5. The monoisotopic (exact) mass is 246 g/mol. The van der Waals surface area contributed by atoms with Crippen molar-refractivity contribution in [1.29, 1.82) is 0 Å². The lowest BCUT2D eigenvalue weighted by Gasteiger charge is -2.21. The van der Waals surface area contributed by atoms with Crippen molar-refractivity contribution in [3.8, 4) is 0 Å². The summed E-state index contributed by atoms with van der Waals surface area (Å²) in [5, 5.41) is 14.9. The van der Waals surface area contributed by atoms with E-state index in [1.165, 1.54) is 0 Å². The van der Waals surface area contributed by atoms with Crippen molar-refractivity contribution >= 4 is 11.9 Å². The molecule has 17 heavy (non-hydrogen) atoms. The van der Waals surface area contributed by atoms with Crippen LogP contribution >= 0.6 is 0 Å². The second-order valence-electron chi connectivity index (χ2n) is 3.65. The zero-order valence-corrected chi connectivity index (χ0v) is 10.7. The molecule has 6 heteroatoms. The van der Waals surface area contributed by atoms with Gasteiger partial charge in [0.25, 0.3) is 5.91 Å². The molecule has 0 aromatic rings. The van der Waals surface area contributed by atoms with Crippen molar-refractivity contribution in [3.05, 3.63) is 0 Å². The fraction of sp³-hybridized carbons (Fsp3) is 0.818. The van der Waals surface area contributed by atoms with Crippen molar-refractivity contribution in [3.63, 3.8) is 0 Å². The molecule has 0 spiro atoms. The predicted octanol–water partition coefficient (Wildman–Crippen LogP) is -0.585. The van der Waals surface area contributed by atoms with E-state index in [1.807, 2.05) is 6.92 Å². The number of aliphatic hydroxyl groups excluding tert-OH is 1. The van der Waals surface area contributed by atoms with E-state index in [2.05, 4.69) is 15.4 Å². The topological polar surface area (TPSA) is 87.7 Å². The van der Waals surface area contributed by atoms with Crippen molar-refractivity contribution in [2.24, 2.45) is 0 Å². The summed E-state index contributed by atoms with van der Waals surface area (Å²) in [6.45, 7) is 3.71. The van der Waals surface area contributed by atoms with Crippen molar-refractivity contribution < 1.29 is 19.4 Å². The molecule has 0 aliphatic heterocycles. The fourth-order valence-electron chi connectivity index (χ4n) is 1.43. The number of amides is 1. The molecule has 0 heterocycles. The van der Waals surface area contributed by atoms with Crippen LogP contribution in [0.4, 0.5) is 0 Å². The summed E-state index contributed by atoms with van der Waals surface area (Å²) in [5.41, 5.74) is 0. The molecule has 0 bridgehead atoms. The highest BCUT2D eigenvalue weighted by molar-refractivity contribution is 5.85. The summed E-state index contributed by atoms with van der Waals surface area (Å²) in [6, 6.07) is -0.304. The maximum Gasteiger partial charge on any atom is 0.325 e. The minimum Gasteiger partial charge on any atom is -0.465 e. The Kier molecular flexibility index (Phi) is 8.35. The number of rotatable bonds is 8. The van der Waals surface area contributed by atoms with Crippen LogP contribution in [-0.4, -0.2) is 49.3 Å². The number of hydrogen-bond donors (Lipinski definition) is 3. The molecule has 0 radical (unpaired) electrons. The molecule has 0 saturated heterocycles. The highest BCUT2D eigenvalue weighted by atomic mass is 16.5. The van der Waals surface area contributed by atoms with Gasteiger partial charge in [0.2, 0.25) is 0 Å². The van der Waals surface area contributed by atoms with Gasteiger partial charge in [-0.15, -0.1) is 0 Å². The molecule has 0 aliphatic carbocycles. The van der Waals surface area contributed by atoms with Crippen LogP contribution in [0.5, 0.6) is 0 Å². The van der Waals surface area contributed by atoms with E-state index in [0.717, 1.165) is 6.42 Å². The van der Waals surface area contributed by atoms with E-state index < -0.39 is 18.0 Å². The normalized spacial score (nSPS) is 13.9. The van der Waals surface area contributed by atoms with E-state index in [4.69, 9.17) is 0 Å². The number of carbonyl (C=O) groups is 2. The van der Waals surface area contributed by atoms with Gasteiger partial charge < -0.3 is 20.5 Å². The Balaban J connectivity index is 4.07. The highest BCUT2D eigenvalue weighted by Crippen LogP contribution is 2.02. The zero-order valence-electron chi connectivity index (χ0n) is 10.7. The van der Waals surface area contributed by atoms with Crippen molar-refractivity contribution in [2.45, 2.75) is 38.8 Å². The summed E-state index contributed by atoms with van der Waals surface area (Å²) in [4.78, 5) is 22.5. The van der Waals surface area contributed by atoms with Crippen LogP contribution in [0, 0.1) is 0 Å². The summed E-state index contributed by atoms with van der Waals surface area (Å²) >= 11 is 0. The third-order valence-electron chi connectivity index (χ3n) is 2.33. The fourth-order valence-corrected chi connectivity index (χ4v) is 1.43. The summed E-state index contributed by atoms with van der Waals surface area (Å²) in [7, 11) is 1.68. The average molecular weight is 246 g/mol. The Labute approximate surface area is 102 Å². The van der Waals surface area contributed by atoms with E-state index in [9.17, 15) is 14.7 Å². The number of hydrogen-bond acceptors (Lipinski definition) is 5. The van der Waals surface area contributed by atoms with Crippen LogP contribution < -0.4 is 10.6 Å². The zero-order chi connectivity index (χ0) is 13.3. The molecule has 3 N–H and O–H groups in total. The molecule has 6 nitrogen and oxygen atoms in total. The van der Waals surface area contributed by atoms with Gasteiger partial charge in [0.1, 0.15) is 12.6 Å². The first-order valence-corrected chi connectivity index (χ1v) is 5.85. The third-order valence-corrected chi connectivity index (χ3v) is 2.33. The predicted molar refractivity (Wildman–Crippen MR) is 63.4 cm³/mol. The summed E-state index contributed by atoms with van der Waals surface area (Å²) in [6.07, 6.45) is 0.382. The van der Waals surface area contributed by atoms with E-state index in [-0.39, 0.29) is 19.2 Å². The Morgan fingerprint density at radius 3 is 2.47 bits per heavy atom. The standard InChI is InChI=1S/C11H22N2O4/c1-4-6-8(12-3)10(15)11(16)13-7-9(14)17-5-2/h8,10,12,15H,4-7H2,1-3H3,(H,13,16). The van der Waals surface area contributed by atoms with Gasteiger partial charge in [-0.25, -0.2) is 0 Å². The second-order valence-corrected chi connectivity index (χ2v) is 3.65. The third kappa shape index (κ3) is 6.23. The molecule has 2 atom stereocenters. The van der Waals surface area contributed by atoms with E-state index in [0.29, 0.717) is 6.42 Å². The smallest absolute Gasteiger partial charge is 0.325 e. The number of ether oxygens (including phenoxy) is 1. The quantitative estimate of drug-likeness (QED) is 0.498. The first-order valence-electron chi connectivity index (χ1n) is 5.85. The minimum atomic E-state index is -1.16. The molecule has 0 rings (SSSR count). The highest BCUT2D eigenvalue weighted by Gasteiger charge is 2.24. The van der Waals surface area contributed by atoms with Gasteiger partial charge in [0.15, 0.2) is 0 Å². The van der Waals surface area contributed by atoms with Gasteiger partial charge in [0.05, 0.1) is 6.61 Å². The lowest BCUT2D eigenvalue weighted by molar-refractivity contribution is -0.144. The maximum absolute atomic E-state index is 11.5. The molecular weight excluding hydrogens is 224 g/mol. The van der Waals surface area contributed by atoms with Gasteiger partial charge in [-0.1, -0.05) is 13.3 Å². The molecule has 2 unspecified atom stereocenters. The first-order chi connectivity index (χ1) is 8.06. The van der Waals surface area contributed by atoms with Crippen LogP contribution in [0.3, 0.4) is 0 Å². The van der Waals surface area contributed by atoms with Gasteiger partial charge in [-0.05, 0) is 20.4 Å². The average Bonchev–Trinajstić information content (AvgIpc) is 2.32. The van der Waals surface area contributed by atoms with E-state index >= 15 is 0 Å². The summed E-state index contributed by atoms with van der Waals surface area (Å²) in [5.74, 6) is -1.07. The summed E-state index contributed by atoms with van der Waals surface area (Å²) < 4.78 is 4.66. The molecular formula is C11H22N2O4. The van der Waals surface area contributed by atoms with Crippen molar-refractivity contribution in [2.75, 3.05) is 20.2 Å². The number of likely N-dealkylation sites (N-methyl/N-ethyl adjacent to an activating group) is 1. The van der Waals surface area contributed by atoms with E-state index in [1.54, 1.807) is 14.0 Å². The van der Waals surface area contributed by atoms with Crippen LogP contribution in [0.25, 0.3) is 0 Å².